The number of likely N-dealkylation sites (N-methyl/N-ethyl adjacent to an activating group) is 1. The summed E-state index contributed by atoms with van der Waals surface area (Å²) in [7, 11) is -1.96. The lowest BCUT2D eigenvalue weighted by Gasteiger charge is -2.12. The zero-order valence-corrected chi connectivity index (χ0v) is 10.0. The summed E-state index contributed by atoms with van der Waals surface area (Å²) in [6.07, 6.45) is 4.33. The van der Waals surface area contributed by atoms with Crippen molar-refractivity contribution in [2.24, 2.45) is 5.73 Å². The van der Waals surface area contributed by atoms with Gasteiger partial charge >= 0.3 is 0 Å². The quantitative estimate of drug-likeness (QED) is 0.693. The summed E-state index contributed by atoms with van der Waals surface area (Å²) in [5.74, 6) is 0. The van der Waals surface area contributed by atoms with Gasteiger partial charge in [0.1, 0.15) is 4.90 Å². The number of nitrogens with zero attached hydrogens (tertiary/aromatic N) is 3. The molecule has 0 unspecified atom stereocenters. The average molecular weight is 244 g/mol. The van der Waals surface area contributed by atoms with Crippen LogP contribution < -0.4 is 5.73 Å². The van der Waals surface area contributed by atoms with Crippen LogP contribution in [0.25, 0.3) is 0 Å². The molecule has 2 N–H and O–H groups in total. The second-order valence-electron chi connectivity index (χ2n) is 3.30. The van der Waals surface area contributed by atoms with Crippen molar-refractivity contribution in [2.45, 2.75) is 11.4 Å². The minimum Gasteiger partial charge on any atom is -0.329 e. The summed E-state index contributed by atoms with van der Waals surface area (Å²) < 4.78 is 26.6. The van der Waals surface area contributed by atoms with E-state index in [0.717, 1.165) is 0 Å². The monoisotopic (exact) mass is 244 g/mol. The normalized spacial score (nSPS) is 11.9. The van der Waals surface area contributed by atoms with Gasteiger partial charge in [-0.15, -0.1) is 6.58 Å². The Bertz CT molecular complexity index is 452. The van der Waals surface area contributed by atoms with E-state index in [1.54, 1.807) is 0 Å². The van der Waals surface area contributed by atoms with Crippen LogP contribution in [-0.2, 0) is 16.6 Å². The number of aromatic nitrogens is 2. The van der Waals surface area contributed by atoms with Crippen LogP contribution >= 0.6 is 0 Å². The van der Waals surface area contributed by atoms with Crippen molar-refractivity contribution >= 4 is 10.0 Å². The van der Waals surface area contributed by atoms with Gasteiger partial charge in [0.2, 0.25) is 10.0 Å². The molecule has 0 atom stereocenters. The molecule has 0 aromatic carbocycles. The van der Waals surface area contributed by atoms with Gasteiger partial charge in [-0.1, -0.05) is 6.08 Å². The zero-order chi connectivity index (χ0) is 12.2. The van der Waals surface area contributed by atoms with E-state index in [9.17, 15) is 8.42 Å². The molecule has 7 heteroatoms. The number of sulfonamides is 1. The third-order valence-electron chi connectivity index (χ3n) is 2.06. The summed E-state index contributed by atoms with van der Waals surface area (Å²) in [6.45, 7) is 4.69. The lowest BCUT2D eigenvalue weighted by atomic mass is 10.6. The third-order valence-corrected chi connectivity index (χ3v) is 3.84. The standard InChI is InChI=1S/C9H16N4O2S/c1-3-5-12(2)16(14,15)9-7-11-13(8-9)6-4-10/h3,7-8H,1,4-6,10H2,2H3. The largest absolute Gasteiger partial charge is 0.329 e. The van der Waals surface area contributed by atoms with Crippen molar-refractivity contribution in [3.63, 3.8) is 0 Å². The van der Waals surface area contributed by atoms with Crippen molar-refractivity contribution in [3.05, 3.63) is 25.0 Å². The second-order valence-corrected chi connectivity index (χ2v) is 5.35. The molecule has 1 aromatic rings. The molecule has 0 spiro atoms. The molecule has 90 valence electrons. The van der Waals surface area contributed by atoms with Crippen molar-refractivity contribution in [3.8, 4) is 0 Å². The molecule has 6 nitrogen and oxygen atoms in total. The van der Waals surface area contributed by atoms with Gasteiger partial charge in [0.05, 0.1) is 12.7 Å². The van der Waals surface area contributed by atoms with Crippen LogP contribution in [0, 0.1) is 0 Å². The molecule has 0 saturated heterocycles. The summed E-state index contributed by atoms with van der Waals surface area (Å²) in [5.41, 5.74) is 5.35. The number of hydrogen-bond acceptors (Lipinski definition) is 4. The summed E-state index contributed by atoms with van der Waals surface area (Å²) in [4.78, 5) is 0.172. The average Bonchev–Trinajstić information content (AvgIpc) is 2.68. The highest BCUT2D eigenvalue weighted by atomic mass is 32.2. The van der Waals surface area contributed by atoms with E-state index in [1.807, 2.05) is 0 Å². The minimum atomic E-state index is -3.46. The van der Waals surface area contributed by atoms with E-state index < -0.39 is 10.0 Å². The molecule has 0 saturated carbocycles. The Morgan fingerprint density at radius 1 is 1.69 bits per heavy atom. The van der Waals surface area contributed by atoms with Gasteiger partial charge in [-0.3, -0.25) is 4.68 Å². The molecule has 0 radical (unpaired) electrons. The van der Waals surface area contributed by atoms with Gasteiger partial charge in [0, 0.05) is 26.3 Å². The maximum absolute atomic E-state index is 11.9. The molecule has 1 aromatic heterocycles. The van der Waals surface area contributed by atoms with Gasteiger partial charge in [0.25, 0.3) is 0 Å². The van der Waals surface area contributed by atoms with Gasteiger partial charge in [0.15, 0.2) is 0 Å². The molecule has 0 aliphatic carbocycles. The van der Waals surface area contributed by atoms with Gasteiger partial charge in [-0.25, -0.2) is 8.42 Å². The first-order valence-electron chi connectivity index (χ1n) is 4.82. The predicted molar refractivity (Wildman–Crippen MR) is 61.3 cm³/mol. The third kappa shape index (κ3) is 2.69. The fourth-order valence-corrected chi connectivity index (χ4v) is 2.29. The van der Waals surface area contributed by atoms with E-state index in [-0.39, 0.29) is 11.4 Å². The summed E-state index contributed by atoms with van der Waals surface area (Å²) in [6, 6.07) is 0. The summed E-state index contributed by atoms with van der Waals surface area (Å²) >= 11 is 0. The first-order chi connectivity index (χ1) is 7.52. The first kappa shape index (κ1) is 12.9. The molecular formula is C9H16N4O2S. The molecule has 0 amide bonds. The molecule has 0 aliphatic heterocycles. The predicted octanol–water partition coefficient (Wildman–Crippen LogP) is -0.352. The Balaban J connectivity index is 2.93. The van der Waals surface area contributed by atoms with Crippen molar-refractivity contribution in [1.29, 1.82) is 0 Å². The Hall–Kier alpha value is -1.18. The molecule has 16 heavy (non-hydrogen) atoms. The van der Waals surface area contributed by atoms with Gasteiger partial charge < -0.3 is 5.73 Å². The van der Waals surface area contributed by atoms with Gasteiger partial charge in [-0.05, 0) is 0 Å². The highest BCUT2D eigenvalue weighted by Crippen LogP contribution is 2.12. The van der Waals surface area contributed by atoms with E-state index >= 15 is 0 Å². The Kier molecular flexibility index (Phi) is 4.22. The second kappa shape index (κ2) is 5.24. The van der Waals surface area contributed by atoms with Crippen LogP contribution in [0.15, 0.2) is 29.9 Å². The smallest absolute Gasteiger partial charge is 0.246 e. The van der Waals surface area contributed by atoms with Crippen molar-refractivity contribution in [1.82, 2.24) is 14.1 Å². The number of rotatable bonds is 6. The lowest BCUT2D eigenvalue weighted by Crippen LogP contribution is -2.26. The van der Waals surface area contributed by atoms with Crippen molar-refractivity contribution < 1.29 is 8.42 Å². The Labute approximate surface area is 95.4 Å². The number of nitrogens with two attached hydrogens (primary N) is 1. The SMILES string of the molecule is C=CCN(C)S(=O)(=O)c1cnn(CCN)c1. The molecule has 0 aliphatic rings. The topological polar surface area (TPSA) is 81.2 Å². The van der Waals surface area contributed by atoms with Crippen LogP contribution in [-0.4, -0.2) is 42.6 Å². The molecule has 1 heterocycles. The van der Waals surface area contributed by atoms with Crippen LogP contribution in [0.2, 0.25) is 0 Å². The highest BCUT2D eigenvalue weighted by Gasteiger charge is 2.21. The molecule has 0 bridgehead atoms. The Morgan fingerprint density at radius 2 is 2.38 bits per heavy atom. The fourth-order valence-electron chi connectivity index (χ4n) is 1.19. The van der Waals surface area contributed by atoms with Crippen LogP contribution in [0.5, 0.6) is 0 Å². The van der Waals surface area contributed by atoms with Crippen LogP contribution in [0.1, 0.15) is 0 Å². The minimum absolute atomic E-state index is 0.172. The van der Waals surface area contributed by atoms with Crippen molar-refractivity contribution in [2.75, 3.05) is 20.1 Å². The Morgan fingerprint density at radius 3 is 2.94 bits per heavy atom. The molecule has 0 fully saturated rings. The fraction of sp³-hybridized carbons (Fsp3) is 0.444. The van der Waals surface area contributed by atoms with Crippen LogP contribution in [0.3, 0.4) is 0 Å². The zero-order valence-electron chi connectivity index (χ0n) is 9.20. The van der Waals surface area contributed by atoms with E-state index in [1.165, 1.54) is 34.5 Å². The van der Waals surface area contributed by atoms with Gasteiger partial charge in [-0.2, -0.15) is 9.40 Å². The van der Waals surface area contributed by atoms with E-state index in [2.05, 4.69) is 11.7 Å². The maximum Gasteiger partial charge on any atom is 0.246 e. The highest BCUT2D eigenvalue weighted by molar-refractivity contribution is 7.89. The number of hydrogen-bond donors (Lipinski definition) is 1. The summed E-state index contributed by atoms with van der Waals surface area (Å²) in [5, 5.41) is 3.92. The first-order valence-corrected chi connectivity index (χ1v) is 6.26. The molecular weight excluding hydrogens is 228 g/mol. The molecule has 1 rings (SSSR count). The maximum atomic E-state index is 11.9. The van der Waals surface area contributed by atoms with E-state index in [0.29, 0.717) is 13.1 Å². The lowest BCUT2D eigenvalue weighted by molar-refractivity contribution is 0.499. The van der Waals surface area contributed by atoms with Crippen LogP contribution in [0.4, 0.5) is 0 Å². The van der Waals surface area contributed by atoms with E-state index in [4.69, 9.17) is 5.73 Å².